The van der Waals surface area contributed by atoms with Crippen LogP contribution in [0.5, 0.6) is 0 Å². The maximum absolute atomic E-state index is 5.43. The molecule has 0 amide bonds. The van der Waals surface area contributed by atoms with Crippen LogP contribution >= 0.6 is 0 Å². The largest absolute Gasteiger partial charge is 0.470 e. The van der Waals surface area contributed by atoms with Gasteiger partial charge in [0.05, 0.1) is 12.0 Å². The van der Waals surface area contributed by atoms with Crippen molar-refractivity contribution in [2.24, 2.45) is 0 Å². The Morgan fingerprint density at radius 1 is 1.06 bits per heavy atom. The molecule has 7 heteroatoms. The first-order valence-electron chi connectivity index (χ1n) is 4.47. The zero-order chi connectivity index (χ0) is 11.4. The summed E-state index contributed by atoms with van der Waals surface area (Å²) in [5, 5.41) is 2.89. The van der Waals surface area contributed by atoms with Gasteiger partial charge < -0.3 is 21.5 Å². The highest BCUT2D eigenvalue weighted by molar-refractivity contribution is 5.44. The number of nitrogens with zero attached hydrogens (tertiary/aromatic N) is 3. The molecular formula is C9H10N6O. The van der Waals surface area contributed by atoms with Crippen molar-refractivity contribution in [1.29, 1.82) is 0 Å². The molecular weight excluding hydrogens is 208 g/mol. The molecule has 1 aromatic heterocycles. The predicted molar refractivity (Wildman–Crippen MR) is 59.7 cm³/mol. The molecule has 0 saturated heterocycles. The number of ether oxygens (including phenoxy) is 1. The highest BCUT2D eigenvalue weighted by Crippen LogP contribution is 2.09. The van der Waals surface area contributed by atoms with Crippen LogP contribution in [0.2, 0.25) is 0 Å². The van der Waals surface area contributed by atoms with E-state index in [2.05, 4.69) is 20.3 Å². The van der Waals surface area contributed by atoms with Gasteiger partial charge in [0.1, 0.15) is 6.26 Å². The fourth-order valence-corrected chi connectivity index (χ4v) is 1.07. The van der Waals surface area contributed by atoms with Crippen molar-refractivity contribution in [2.75, 3.05) is 16.8 Å². The first-order chi connectivity index (χ1) is 7.74. The van der Waals surface area contributed by atoms with Gasteiger partial charge in [0, 0.05) is 0 Å². The minimum absolute atomic E-state index is 0.0623. The van der Waals surface area contributed by atoms with E-state index in [-0.39, 0.29) is 17.8 Å². The molecule has 0 aliphatic carbocycles. The molecule has 0 radical (unpaired) electrons. The molecule has 1 aromatic rings. The van der Waals surface area contributed by atoms with Crippen molar-refractivity contribution in [1.82, 2.24) is 15.0 Å². The van der Waals surface area contributed by atoms with Crippen molar-refractivity contribution < 1.29 is 4.74 Å². The number of hydrogen-bond acceptors (Lipinski definition) is 7. The average Bonchev–Trinajstić information content (AvgIpc) is 2.44. The quantitative estimate of drug-likeness (QED) is 0.658. The summed E-state index contributed by atoms with van der Waals surface area (Å²) < 4.78 is 5.04. The summed E-state index contributed by atoms with van der Waals surface area (Å²) in [7, 11) is 0. The van der Waals surface area contributed by atoms with E-state index >= 15 is 0 Å². The first kappa shape index (κ1) is 9.97. The van der Waals surface area contributed by atoms with Gasteiger partial charge in [0.15, 0.2) is 0 Å². The lowest BCUT2D eigenvalue weighted by molar-refractivity contribution is 0.401. The maximum Gasteiger partial charge on any atom is 0.233 e. The van der Waals surface area contributed by atoms with E-state index in [1.54, 1.807) is 24.5 Å². The van der Waals surface area contributed by atoms with E-state index in [9.17, 15) is 0 Å². The summed E-state index contributed by atoms with van der Waals surface area (Å²) in [5.41, 5.74) is 11.5. The van der Waals surface area contributed by atoms with Crippen molar-refractivity contribution in [3.05, 3.63) is 36.4 Å². The van der Waals surface area contributed by atoms with Crippen molar-refractivity contribution in [2.45, 2.75) is 0 Å². The van der Waals surface area contributed by atoms with Crippen LogP contribution in [0, 0.1) is 0 Å². The second-order valence-electron chi connectivity index (χ2n) is 2.90. The third-order valence-corrected chi connectivity index (χ3v) is 1.67. The topological polar surface area (TPSA) is 112 Å². The number of aromatic nitrogens is 3. The predicted octanol–water partition coefficient (Wildman–Crippen LogP) is 0.389. The van der Waals surface area contributed by atoms with Crippen LogP contribution < -0.4 is 16.8 Å². The lowest BCUT2D eigenvalue weighted by Crippen LogP contribution is -2.08. The Morgan fingerprint density at radius 2 is 1.81 bits per heavy atom. The molecule has 0 fully saturated rings. The van der Waals surface area contributed by atoms with Crippen LogP contribution in [-0.2, 0) is 4.74 Å². The van der Waals surface area contributed by atoms with Crippen LogP contribution in [-0.4, -0.2) is 15.0 Å². The molecule has 7 nitrogen and oxygen atoms in total. The molecule has 0 aromatic carbocycles. The SMILES string of the molecule is Nc1nc(N)nc(NC2=COC=CC=C2)n1. The van der Waals surface area contributed by atoms with Gasteiger partial charge in [-0.1, -0.05) is 6.08 Å². The average molecular weight is 218 g/mol. The van der Waals surface area contributed by atoms with Crippen LogP contribution in [0.4, 0.5) is 17.8 Å². The summed E-state index contributed by atoms with van der Waals surface area (Å²) in [5.74, 6) is 0.394. The Labute approximate surface area is 91.5 Å². The molecule has 1 aliphatic rings. The summed E-state index contributed by atoms with van der Waals surface area (Å²) in [6.07, 6.45) is 8.40. The molecule has 0 spiro atoms. The number of anilines is 3. The fourth-order valence-electron chi connectivity index (χ4n) is 1.07. The van der Waals surface area contributed by atoms with Gasteiger partial charge in [0.2, 0.25) is 17.8 Å². The number of nitrogen functional groups attached to an aromatic ring is 2. The Kier molecular flexibility index (Phi) is 2.68. The van der Waals surface area contributed by atoms with Gasteiger partial charge in [-0.05, 0) is 12.2 Å². The molecule has 0 atom stereocenters. The van der Waals surface area contributed by atoms with E-state index < -0.39 is 0 Å². The van der Waals surface area contributed by atoms with Crippen molar-refractivity contribution in [3.63, 3.8) is 0 Å². The standard InChI is InChI=1S/C9H10N6O/c10-7-13-8(11)15-9(14-7)12-6-3-1-2-4-16-5-6/h1-5H,(H5,10,11,12,13,14,15). The van der Waals surface area contributed by atoms with E-state index in [0.29, 0.717) is 5.70 Å². The van der Waals surface area contributed by atoms with Crippen LogP contribution in [0.25, 0.3) is 0 Å². The van der Waals surface area contributed by atoms with E-state index in [1.807, 2.05) is 0 Å². The summed E-state index contributed by atoms with van der Waals surface area (Å²) >= 11 is 0. The number of rotatable bonds is 2. The van der Waals surface area contributed by atoms with Gasteiger partial charge in [-0.25, -0.2) is 0 Å². The highest BCUT2D eigenvalue weighted by atomic mass is 16.5. The summed E-state index contributed by atoms with van der Waals surface area (Å²) in [6.45, 7) is 0. The van der Waals surface area contributed by atoms with Gasteiger partial charge >= 0.3 is 0 Å². The third-order valence-electron chi connectivity index (χ3n) is 1.67. The molecule has 0 unspecified atom stereocenters. The van der Waals surface area contributed by atoms with Crippen molar-refractivity contribution in [3.8, 4) is 0 Å². The lowest BCUT2D eigenvalue weighted by atomic mass is 10.4. The molecule has 0 saturated carbocycles. The molecule has 82 valence electrons. The minimum atomic E-state index is 0.0623. The molecule has 2 heterocycles. The fraction of sp³-hybridized carbons (Fsp3) is 0. The number of allylic oxidation sites excluding steroid dienone is 3. The van der Waals surface area contributed by atoms with Crippen molar-refractivity contribution >= 4 is 17.8 Å². The second kappa shape index (κ2) is 4.30. The molecule has 1 aliphatic heterocycles. The van der Waals surface area contributed by atoms with Gasteiger partial charge in [-0.15, -0.1) is 0 Å². The first-order valence-corrected chi connectivity index (χ1v) is 4.47. The van der Waals surface area contributed by atoms with E-state index in [0.717, 1.165) is 0 Å². The van der Waals surface area contributed by atoms with Gasteiger partial charge in [-0.3, -0.25) is 0 Å². The van der Waals surface area contributed by atoms with Crippen LogP contribution in [0.3, 0.4) is 0 Å². The van der Waals surface area contributed by atoms with Crippen LogP contribution in [0.15, 0.2) is 36.4 Å². The normalized spacial score (nSPS) is 13.9. The third kappa shape index (κ3) is 2.47. The Morgan fingerprint density at radius 3 is 2.56 bits per heavy atom. The Hall–Kier alpha value is -2.57. The zero-order valence-electron chi connectivity index (χ0n) is 8.29. The van der Waals surface area contributed by atoms with E-state index in [1.165, 1.54) is 6.26 Å². The smallest absolute Gasteiger partial charge is 0.233 e. The molecule has 0 bridgehead atoms. The van der Waals surface area contributed by atoms with E-state index in [4.69, 9.17) is 16.2 Å². The number of nitrogens with one attached hydrogen (secondary N) is 1. The van der Waals surface area contributed by atoms with Gasteiger partial charge in [-0.2, -0.15) is 15.0 Å². The van der Waals surface area contributed by atoms with Crippen LogP contribution in [0.1, 0.15) is 0 Å². The minimum Gasteiger partial charge on any atom is -0.470 e. The molecule has 16 heavy (non-hydrogen) atoms. The zero-order valence-corrected chi connectivity index (χ0v) is 8.29. The van der Waals surface area contributed by atoms with Gasteiger partial charge in [0.25, 0.3) is 0 Å². The lowest BCUT2D eigenvalue weighted by Gasteiger charge is -2.05. The second-order valence-corrected chi connectivity index (χ2v) is 2.90. The highest BCUT2D eigenvalue weighted by Gasteiger charge is 2.03. The number of hydrogen-bond donors (Lipinski definition) is 3. The Balaban J connectivity index is 2.17. The number of nitrogens with two attached hydrogens (primary N) is 2. The monoisotopic (exact) mass is 218 g/mol. The molecule has 2 rings (SSSR count). The summed E-state index contributed by atoms with van der Waals surface area (Å²) in [6, 6.07) is 0. The maximum atomic E-state index is 5.43. The summed E-state index contributed by atoms with van der Waals surface area (Å²) in [4.78, 5) is 11.4. The Bertz CT molecular complexity index is 459. The molecule has 5 N–H and O–H groups in total.